The summed E-state index contributed by atoms with van der Waals surface area (Å²) in [6.07, 6.45) is 3.61. The van der Waals surface area contributed by atoms with Crippen molar-refractivity contribution in [2.24, 2.45) is 0 Å². The molecule has 0 radical (unpaired) electrons. The average Bonchev–Trinajstić information content (AvgIpc) is 3.15. The SMILES string of the molecule is C=CCO[C@@H]([C@H](OCC=C)[C@H]1CO1)[C@@H]1CO1. The molecule has 90 valence electrons. The van der Waals surface area contributed by atoms with Gasteiger partial charge < -0.3 is 18.9 Å². The molecular weight excluding hydrogens is 208 g/mol. The van der Waals surface area contributed by atoms with Crippen LogP contribution in [0.15, 0.2) is 25.3 Å². The number of hydrogen-bond acceptors (Lipinski definition) is 4. The largest absolute Gasteiger partial charge is 0.370 e. The molecule has 0 aromatic heterocycles. The maximum atomic E-state index is 5.69. The summed E-state index contributed by atoms with van der Waals surface area (Å²) < 4.78 is 22.0. The number of ether oxygens (including phenoxy) is 4. The Bertz CT molecular complexity index is 219. The Morgan fingerprint density at radius 3 is 1.62 bits per heavy atom. The molecular formula is C12H18O4. The molecule has 0 bridgehead atoms. The highest BCUT2D eigenvalue weighted by molar-refractivity contribution is 4.95. The van der Waals surface area contributed by atoms with E-state index in [1.165, 1.54) is 0 Å². The van der Waals surface area contributed by atoms with Gasteiger partial charge in [0.2, 0.25) is 0 Å². The zero-order valence-electron chi connectivity index (χ0n) is 9.34. The minimum absolute atomic E-state index is 0.0644. The molecule has 0 amide bonds. The molecule has 2 heterocycles. The van der Waals surface area contributed by atoms with Gasteiger partial charge in [0.1, 0.15) is 24.4 Å². The third kappa shape index (κ3) is 3.15. The lowest BCUT2D eigenvalue weighted by molar-refractivity contribution is -0.0789. The Labute approximate surface area is 95.8 Å². The van der Waals surface area contributed by atoms with Crippen LogP contribution in [-0.4, -0.2) is 50.8 Å². The van der Waals surface area contributed by atoms with Crippen LogP contribution in [0.2, 0.25) is 0 Å². The van der Waals surface area contributed by atoms with Gasteiger partial charge in [-0.05, 0) is 0 Å². The van der Waals surface area contributed by atoms with E-state index in [0.29, 0.717) is 13.2 Å². The number of hydrogen-bond donors (Lipinski definition) is 0. The van der Waals surface area contributed by atoms with E-state index in [9.17, 15) is 0 Å². The van der Waals surface area contributed by atoms with Crippen LogP contribution in [0.4, 0.5) is 0 Å². The summed E-state index contributed by atoms with van der Waals surface area (Å²) in [7, 11) is 0. The molecule has 0 saturated carbocycles. The van der Waals surface area contributed by atoms with Gasteiger partial charge in [-0.2, -0.15) is 0 Å². The van der Waals surface area contributed by atoms with Crippen LogP contribution in [0.3, 0.4) is 0 Å². The molecule has 2 rings (SSSR count). The molecule has 4 heteroatoms. The van der Waals surface area contributed by atoms with E-state index < -0.39 is 0 Å². The van der Waals surface area contributed by atoms with E-state index in [0.717, 1.165) is 13.2 Å². The summed E-state index contributed by atoms with van der Waals surface area (Å²) in [5.74, 6) is 0. The molecule has 0 spiro atoms. The third-order valence-corrected chi connectivity index (χ3v) is 2.59. The smallest absolute Gasteiger partial charge is 0.115 e. The maximum absolute atomic E-state index is 5.69. The first-order chi connectivity index (χ1) is 7.86. The van der Waals surface area contributed by atoms with Gasteiger partial charge in [0, 0.05) is 0 Å². The quantitative estimate of drug-likeness (QED) is 0.433. The van der Waals surface area contributed by atoms with Crippen molar-refractivity contribution in [1.29, 1.82) is 0 Å². The number of rotatable bonds is 9. The Balaban J connectivity index is 1.89. The monoisotopic (exact) mass is 226 g/mol. The summed E-state index contributed by atoms with van der Waals surface area (Å²) in [5, 5.41) is 0. The van der Waals surface area contributed by atoms with E-state index in [1.807, 2.05) is 0 Å². The Kier molecular flexibility index (Phi) is 4.12. The van der Waals surface area contributed by atoms with Crippen molar-refractivity contribution in [3.63, 3.8) is 0 Å². The molecule has 0 aliphatic carbocycles. The lowest BCUT2D eigenvalue weighted by atomic mass is 10.1. The summed E-state index contributed by atoms with van der Waals surface area (Å²) >= 11 is 0. The molecule has 0 N–H and O–H groups in total. The molecule has 0 unspecified atom stereocenters. The molecule has 2 aliphatic heterocycles. The highest BCUT2D eigenvalue weighted by Crippen LogP contribution is 2.29. The van der Waals surface area contributed by atoms with Crippen molar-refractivity contribution in [2.75, 3.05) is 26.4 Å². The lowest BCUT2D eigenvalue weighted by Crippen LogP contribution is -2.40. The fraction of sp³-hybridized carbons (Fsp3) is 0.667. The minimum Gasteiger partial charge on any atom is -0.370 e. The van der Waals surface area contributed by atoms with Crippen molar-refractivity contribution >= 4 is 0 Å². The van der Waals surface area contributed by atoms with Crippen LogP contribution < -0.4 is 0 Å². The summed E-state index contributed by atoms with van der Waals surface area (Å²) in [6.45, 7) is 9.77. The molecule has 16 heavy (non-hydrogen) atoms. The molecule has 2 saturated heterocycles. The Hall–Kier alpha value is -0.680. The fourth-order valence-corrected chi connectivity index (χ4v) is 1.68. The highest BCUT2D eigenvalue weighted by atomic mass is 16.6. The third-order valence-electron chi connectivity index (χ3n) is 2.59. The van der Waals surface area contributed by atoms with Gasteiger partial charge in [-0.15, -0.1) is 13.2 Å². The van der Waals surface area contributed by atoms with Gasteiger partial charge in [0.25, 0.3) is 0 Å². The molecule has 4 atom stereocenters. The first-order valence-electron chi connectivity index (χ1n) is 5.55. The van der Waals surface area contributed by atoms with Crippen molar-refractivity contribution in [1.82, 2.24) is 0 Å². The molecule has 2 fully saturated rings. The summed E-state index contributed by atoms with van der Waals surface area (Å²) in [4.78, 5) is 0. The first-order valence-corrected chi connectivity index (χ1v) is 5.55. The summed E-state index contributed by atoms with van der Waals surface area (Å²) in [5.41, 5.74) is 0. The Morgan fingerprint density at radius 2 is 1.38 bits per heavy atom. The van der Waals surface area contributed by atoms with Gasteiger partial charge in [0.15, 0.2) is 0 Å². The van der Waals surface area contributed by atoms with Gasteiger partial charge >= 0.3 is 0 Å². The van der Waals surface area contributed by atoms with Gasteiger partial charge in [-0.1, -0.05) is 12.2 Å². The molecule has 2 aliphatic rings. The van der Waals surface area contributed by atoms with Crippen LogP contribution in [0.25, 0.3) is 0 Å². The standard InChI is InChI=1S/C12H18O4/c1-3-5-13-11(9-7-15-9)12(10-8-16-10)14-6-4-2/h3-4,9-12H,1-2,5-8H2/t9-,10+,11-,12-/m1/s1. The van der Waals surface area contributed by atoms with Gasteiger partial charge in [0.05, 0.1) is 26.4 Å². The van der Waals surface area contributed by atoms with Crippen molar-refractivity contribution in [2.45, 2.75) is 24.4 Å². The fourth-order valence-electron chi connectivity index (χ4n) is 1.68. The van der Waals surface area contributed by atoms with Crippen molar-refractivity contribution in [3.8, 4) is 0 Å². The second-order valence-electron chi connectivity index (χ2n) is 3.92. The van der Waals surface area contributed by atoms with Crippen LogP contribution in [-0.2, 0) is 18.9 Å². The zero-order chi connectivity index (χ0) is 11.4. The molecule has 0 aromatic carbocycles. The van der Waals surface area contributed by atoms with E-state index in [4.69, 9.17) is 18.9 Å². The molecule has 4 nitrogen and oxygen atoms in total. The normalized spacial score (nSPS) is 30.5. The average molecular weight is 226 g/mol. The maximum Gasteiger partial charge on any atom is 0.115 e. The van der Waals surface area contributed by atoms with Gasteiger partial charge in [-0.25, -0.2) is 0 Å². The summed E-state index contributed by atoms with van der Waals surface area (Å²) in [6, 6.07) is 0. The number of epoxide rings is 2. The van der Waals surface area contributed by atoms with Crippen molar-refractivity contribution in [3.05, 3.63) is 25.3 Å². The Morgan fingerprint density at radius 1 is 1.00 bits per heavy atom. The van der Waals surface area contributed by atoms with E-state index in [2.05, 4.69) is 13.2 Å². The van der Waals surface area contributed by atoms with Crippen LogP contribution in [0.5, 0.6) is 0 Å². The van der Waals surface area contributed by atoms with E-state index >= 15 is 0 Å². The van der Waals surface area contributed by atoms with Crippen LogP contribution in [0.1, 0.15) is 0 Å². The molecule has 0 aromatic rings. The lowest BCUT2D eigenvalue weighted by Gasteiger charge is -2.24. The zero-order valence-corrected chi connectivity index (χ0v) is 9.34. The highest BCUT2D eigenvalue weighted by Gasteiger charge is 2.47. The van der Waals surface area contributed by atoms with Crippen LogP contribution in [0, 0.1) is 0 Å². The van der Waals surface area contributed by atoms with E-state index in [-0.39, 0.29) is 24.4 Å². The first kappa shape index (κ1) is 11.8. The second kappa shape index (κ2) is 5.59. The van der Waals surface area contributed by atoms with Crippen LogP contribution >= 0.6 is 0 Å². The van der Waals surface area contributed by atoms with E-state index in [1.54, 1.807) is 12.2 Å². The second-order valence-corrected chi connectivity index (χ2v) is 3.92. The minimum atomic E-state index is -0.0644. The topological polar surface area (TPSA) is 43.5 Å². The predicted octanol–water partition coefficient (Wildman–Crippen LogP) is 0.926. The van der Waals surface area contributed by atoms with Gasteiger partial charge in [-0.3, -0.25) is 0 Å². The van der Waals surface area contributed by atoms with Crippen molar-refractivity contribution < 1.29 is 18.9 Å². The predicted molar refractivity (Wildman–Crippen MR) is 59.4 cm³/mol.